The molecular formula is C24H30N2O4. The van der Waals surface area contributed by atoms with Gasteiger partial charge in [-0.15, -0.1) is 6.58 Å². The van der Waals surface area contributed by atoms with Gasteiger partial charge in [-0.2, -0.15) is 0 Å². The van der Waals surface area contributed by atoms with E-state index in [0.29, 0.717) is 34.6 Å². The highest BCUT2D eigenvalue weighted by Crippen LogP contribution is 2.26. The van der Waals surface area contributed by atoms with Gasteiger partial charge in [0, 0.05) is 29.9 Å². The third kappa shape index (κ3) is 4.37. The average molecular weight is 411 g/mol. The Bertz CT molecular complexity index is 944. The van der Waals surface area contributed by atoms with E-state index in [2.05, 4.69) is 6.58 Å². The summed E-state index contributed by atoms with van der Waals surface area (Å²) in [7, 11) is 0. The molecule has 1 amide bonds. The fraction of sp³-hybridized carbons (Fsp3) is 0.375. The van der Waals surface area contributed by atoms with Crippen LogP contribution in [0.25, 0.3) is 0 Å². The molecule has 0 saturated carbocycles. The molecule has 2 rings (SSSR count). The molecule has 1 aromatic heterocycles. The molecule has 1 unspecified atom stereocenters. The van der Waals surface area contributed by atoms with Crippen LogP contribution in [0.3, 0.4) is 0 Å². The number of ether oxygens (including phenoxy) is 1. The second-order valence-electron chi connectivity index (χ2n) is 7.05. The van der Waals surface area contributed by atoms with Crippen LogP contribution in [0.4, 0.5) is 0 Å². The van der Waals surface area contributed by atoms with Gasteiger partial charge in [0.1, 0.15) is 5.69 Å². The monoisotopic (exact) mass is 410 g/mol. The number of esters is 1. The summed E-state index contributed by atoms with van der Waals surface area (Å²) >= 11 is 0. The number of rotatable bonds is 9. The lowest BCUT2D eigenvalue weighted by molar-refractivity contribution is 0.0512. The Labute approximate surface area is 178 Å². The molecule has 1 aromatic carbocycles. The number of amides is 1. The van der Waals surface area contributed by atoms with E-state index in [1.165, 1.54) is 4.90 Å². The van der Waals surface area contributed by atoms with Gasteiger partial charge in [0.2, 0.25) is 0 Å². The van der Waals surface area contributed by atoms with Gasteiger partial charge in [0.05, 0.1) is 12.6 Å². The Morgan fingerprint density at radius 1 is 1.17 bits per heavy atom. The number of nitrogens with zero attached hydrogens (tertiary/aromatic N) is 2. The van der Waals surface area contributed by atoms with Crippen LogP contribution in [-0.2, 0) is 11.3 Å². The van der Waals surface area contributed by atoms with E-state index in [4.69, 9.17) is 4.74 Å². The SMILES string of the molecule is C=CCN(C(=O)c1ccccc1)C(C)C(=O)c1c(C)c(C(=O)OCC)n(CC)c1C. The summed E-state index contributed by atoms with van der Waals surface area (Å²) in [5, 5.41) is 0. The molecule has 0 spiro atoms. The predicted molar refractivity (Wildman–Crippen MR) is 117 cm³/mol. The quantitative estimate of drug-likeness (QED) is 0.353. The second kappa shape index (κ2) is 10.1. The van der Waals surface area contributed by atoms with Gasteiger partial charge >= 0.3 is 5.97 Å². The van der Waals surface area contributed by atoms with E-state index >= 15 is 0 Å². The van der Waals surface area contributed by atoms with Crippen molar-refractivity contribution in [2.45, 2.75) is 47.2 Å². The number of Topliss-reactive ketones (excluding diaryl/α,β-unsaturated/α-hetero) is 1. The van der Waals surface area contributed by atoms with Crippen molar-refractivity contribution >= 4 is 17.7 Å². The zero-order valence-electron chi connectivity index (χ0n) is 18.4. The molecule has 0 aliphatic carbocycles. The lowest BCUT2D eigenvalue weighted by atomic mass is 9.99. The molecule has 0 N–H and O–H groups in total. The first-order valence-electron chi connectivity index (χ1n) is 10.2. The van der Waals surface area contributed by atoms with Crippen molar-refractivity contribution in [1.82, 2.24) is 9.47 Å². The number of hydrogen-bond acceptors (Lipinski definition) is 4. The van der Waals surface area contributed by atoms with E-state index < -0.39 is 12.0 Å². The Balaban J connectivity index is 2.48. The van der Waals surface area contributed by atoms with E-state index in [1.807, 2.05) is 19.9 Å². The first kappa shape index (κ1) is 23.1. The Morgan fingerprint density at radius 2 is 1.80 bits per heavy atom. The number of aromatic nitrogens is 1. The molecule has 1 heterocycles. The van der Waals surface area contributed by atoms with Gasteiger partial charge in [-0.25, -0.2) is 4.79 Å². The number of hydrogen-bond donors (Lipinski definition) is 0. The summed E-state index contributed by atoms with van der Waals surface area (Å²) in [6, 6.07) is 8.12. The molecule has 6 nitrogen and oxygen atoms in total. The maximum Gasteiger partial charge on any atom is 0.355 e. The van der Waals surface area contributed by atoms with Crippen molar-refractivity contribution in [3.05, 3.63) is 71.1 Å². The molecule has 0 aliphatic rings. The van der Waals surface area contributed by atoms with Crippen LogP contribution in [-0.4, -0.2) is 46.3 Å². The largest absolute Gasteiger partial charge is 0.461 e. The van der Waals surface area contributed by atoms with Crippen LogP contribution < -0.4 is 0 Å². The summed E-state index contributed by atoms with van der Waals surface area (Å²) < 4.78 is 6.99. The fourth-order valence-corrected chi connectivity index (χ4v) is 3.77. The normalized spacial score (nSPS) is 11.6. The third-order valence-corrected chi connectivity index (χ3v) is 5.25. The number of carbonyl (C=O) groups excluding carboxylic acids is 3. The average Bonchev–Trinajstić information content (AvgIpc) is 3.00. The van der Waals surface area contributed by atoms with Crippen molar-refractivity contribution in [1.29, 1.82) is 0 Å². The third-order valence-electron chi connectivity index (χ3n) is 5.25. The zero-order valence-corrected chi connectivity index (χ0v) is 18.4. The minimum Gasteiger partial charge on any atom is -0.461 e. The van der Waals surface area contributed by atoms with Crippen molar-refractivity contribution in [2.75, 3.05) is 13.2 Å². The maximum atomic E-state index is 13.5. The summed E-state index contributed by atoms with van der Waals surface area (Å²) in [6.45, 7) is 13.7. The second-order valence-corrected chi connectivity index (χ2v) is 7.05. The van der Waals surface area contributed by atoms with Crippen LogP contribution in [0.15, 0.2) is 43.0 Å². The lowest BCUT2D eigenvalue weighted by Crippen LogP contribution is -2.43. The number of carbonyl (C=O) groups is 3. The first-order chi connectivity index (χ1) is 14.3. The number of ketones is 1. The molecule has 0 radical (unpaired) electrons. The summed E-state index contributed by atoms with van der Waals surface area (Å²) in [5.41, 5.74) is 2.63. The zero-order chi connectivity index (χ0) is 22.4. The highest BCUT2D eigenvalue weighted by molar-refractivity contribution is 6.07. The summed E-state index contributed by atoms with van der Waals surface area (Å²) in [5.74, 6) is -0.906. The Kier molecular flexibility index (Phi) is 7.75. The standard InChI is InChI=1S/C24H30N2O4/c1-7-15-26(23(28)19-13-11-10-12-14-19)18(6)22(27)20-16(4)21(24(29)30-9-3)25(8-2)17(20)5/h7,10-14,18H,1,8-9,15H2,2-6H3. The van der Waals surface area contributed by atoms with Crippen molar-refractivity contribution in [2.24, 2.45) is 0 Å². The molecule has 0 aliphatic heterocycles. The molecule has 0 fully saturated rings. The van der Waals surface area contributed by atoms with Gasteiger partial charge in [0.25, 0.3) is 5.91 Å². The molecular weight excluding hydrogens is 380 g/mol. The van der Waals surface area contributed by atoms with E-state index in [-0.39, 0.29) is 24.8 Å². The molecule has 0 saturated heterocycles. The first-order valence-corrected chi connectivity index (χ1v) is 10.2. The molecule has 2 aromatic rings. The Hall–Kier alpha value is -3.15. The van der Waals surface area contributed by atoms with Crippen molar-refractivity contribution in [3.8, 4) is 0 Å². The molecule has 6 heteroatoms. The van der Waals surface area contributed by atoms with Gasteiger partial charge in [-0.3, -0.25) is 9.59 Å². The van der Waals surface area contributed by atoms with E-state index in [0.717, 1.165) is 0 Å². The molecule has 1 atom stereocenters. The smallest absolute Gasteiger partial charge is 0.355 e. The lowest BCUT2D eigenvalue weighted by Gasteiger charge is -2.27. The maximum absolute atomic E-state index is 13.5. The van der Waals surface area contributed by atoms with Crippen LogP contribution in [0.5, 0.6) is 0 Å². The molecule has 160 valence electrons. The Morgan fingerprint density at radius 3 is 2.33 bits per heavy atom. The highest BCUT2D eigenvalue weighted by Gasteiger charge is 2.32. The fourth-order valence-electron chi connectivity index (χ4n) is 3.77. The van der Waals surface area contributed by atoms with Crippen LogP contribution >= 0.6 is 0 Å². The minimum absolute atomic E-state index is 0.214. The summed E-state index contributed by atoms with van der Waals surface area (Å²) in [4.78, 5) is 40.6. The van der Waals surface area contributed by atoms with E-state index in [9.17, 15) is 14.4 Å². The van der Waals surface area contributed by atoms with Crippen molar-refractivity contribution < 1.29 is 19.1 Å². The van der Waals surface area contributed by atoms with Gasteiger partial charge < -0.3 is 14.2 Å². The number of benzene rings is 1. The highest BCUT2D eigenvalue weighted by atomic mass is 16.5. The summed E-state index contributed by atoms with van der Waals surface area (Å²) in [6.07, 6.45) is 1.60. The van der Waals surface area contributed by atoms with Crippen LogP contribution in [0, 0.1) is 13.8 Å². The van der Waals surface area contributed by atoms with Gasteiger partial charge in [0.15, 0.2) is 5.78 Å². The molecule has 0 bridgehead atoms. The minimum atomic E-state index is -0.726. The van der Waals surface area contributed by atoms with Gasteiger partial charge in [-0.05, 0) is 52.3 Å². The van der Waals surface area contributed by atoms with E-state index in [1.54, 1.807) is 55.7 Å². The van der Waals surface area contributed by atoms with Crippen molar-refractivity contribution in [3.63, 3.8) is 0 Å². The predicted octanol–water partition coefficient (Wildman–Crippen LogP) is 4.20. The van der Waals surface area contributed by atoms with Gasteiger partial charge in [-0.1, -0.05) is 24.3 Å². The topological polar surface area (TPSA) is 68.6 Å². The van der Waals surface area contributed by atoms with Crippen LogP contribution in [0.1, 0.15) is 63.2 Å². The molecule has 30 heavy (non-hydrogen) atoms. The van der Waals surface area contributed by atoms with Crippen LogP contribution in [0.2, 0.25) is 0 Å².